The van der Waals surface area contributed by atoms with E-state index in [1.165, 1.54) is 19.1 Å². The van der Waals surface area contributed by atoms with E-state index in [0.717, 1.165) is 11.5 Å². The average molecular weight is 350 g/mol. The van der Waals surface area contributed by atoms with Gasteiger partial charge in [-0.1, -0.05) is 0 Å². The molecular weight excluding hydrogens is 332 g/mol. The summed E-state index contributed by atoms with van der Waals surface area (Å²) in [6, 6.07) is 5.19. The topological polar surface area (TPSA) is 89.0 Å². The monoisotopic (exact) mass is 350 g/mol. The van der Waals surface area contributed by atoms with Gasteiger partial charge in [0.2, 0.25) is 0 Å². The molecule has 0 saturated carbocycles. The maximum absolute atomic E-state index is 12.6. The molecule has 128 valence electrons. The van der Waals surface area contributed by atoms with Gasteiger partial charge >= 0.3 is 5.97 Å². The zero-order valence-corrected chi connectivity index (χ0v) is 14.4. The Hall–Kier alpha value is -2.61. The number of nitrogens with zero attached hydrogens (tertiary/aromatic N) is 2. The lowest BCUT2D eigenvalue weighted by atomic mass is 10.1. The first-order valence-corrected chi connectivity index (χ1v) is 7.92. The SMILES string of the molecule is COc1cc(CN(CC(=O)O)C(=O)c2csnc2C)cc(OC)c1. The van der Waals surface area contributed by atoms with Crippen molar-refractivity contribution >= 4 is 23.4 Å². The van der Waals surface area contributed by atoms with Gasteiger partial charge in [-0.05, 0) is 36.2 Å². The summed E-state index contributed by atoms with van der Waals surface area (Å²) in [5.74, 6) is -0.314. The molecule has 24 heavy (non-hydrogen) atoms. The Kier molecular flexibility index (Phi) is 5.75. The van der Waals surface area contributed by atoms with Gasteiger partial charge < -0.3 is 19.5 Å². The highest BCUT2D eigenvalue weighted by Crippen LogP contribution is 2.24. The van der Waals surface area contributed by atoms with Gasteiger partial charge in [-0.25, -0.2) is 0 Å². The van der Waals surface area contributed by atoms with Crippen molar-refractivity contribution in [1.82, 2.24) is 9.27 Å². The molecule has 1 aromatic carbocycles. The van der Waals surface area contributed by atoms with Crippen LogP contribution >= 0.6 is 11.5 Å². The third kappa shape index (κ3) is 4.23. The van der Waals surface area contributed by atoms with Crippen molar-refractivity contribution in [2.75, 3.05) is 20.8 Å². The third-order valence-corrected chi connectivity index (χ3v) is 4.10. The van der Waals surface area contributed by atoms with E-state index in [2.05, 4.69) is 4.37 Å². The fourth-order valence-corrected chi connectivity index (χ4v) is 2.89. The predicted octanol–water partition coefficient (Wildman–Crippen LogP) is 2.20. The van der Waals surface area contributed by atoms with Gasteiger partial charge in [0, 0.05) is 18.0 Å². The molecule has 8 heteroatoms. The van der Waals surface area contributed by atoms with Crippen molar-refractivity contribution in [2.45, 2.75) is 13.5 Å². The summed E-state index contributed by atoms with van der Waals surface area (Å²) >= 11 is 1.16. The number of hydrogen-bond acceptors (Lipinski definition) is 6. The van der Waals surface area contributed by atoms with Gasteiger partial charge in [0.15, 0.2) is 0 Å². The van der Waals surface area contributed by atoms with E-state index in [4.69, 9.17) is 14.6 Å². The van der Waals surface area contributed by atoms with Crippen LogP contribution in [0.2, 0.25) is 0 Å². The van der Waals surface area contributed by atoms with E-state index >= 15 is 0 Å². The van der Waals surface area contributed by atoms with Crippen LogP contribution in [0.4, 0.5) is 0 Å². The zero-order valence-electron chi connectivity index (χ0n) is 13.6. The van der Waals surface area contributed by atoms with Gasteiger partial charge in [-0.15, -0.1) is 0 Å². The molecule has 0 bridgehead atoms. The summed E-state index contributed by atoms with van der Waals surface area (Å²) in [6.45, 7) is 1.43. The van der Waals surface area contributed by atoms with Crippen LogP contribution in [0.25, 0.3) is 0 Å². The van der Waals surface area contributed by atoms with Crippen molar-refractivity contribution in [1.29, 1.82) is 0 Å². The number of aryl methyl sites for hydroxylation is 1. The van der Waals surface area contributed by atoms with Gasteiger partial charge in [0.05, 0.1) is 25.5 Å². The van der Waals surface area contributed by atoms with Crippen LogP contribution in [0, 0.1) is 6.92 Å². The molecule has 0 saturated heterocycles. The molecule has 0 radical (unpaired) electrons. The first-order valence-electron chi connectivity index (χ1n) is 7.08. The van der Waals surface area contributed by atoms with Crippen LogP contribution in [0.5, 0.6) is 11.5 Å². The second kappa shape index (κ2) is 7.78. The normalized spacial score (nSPS) is 10.3. The average Bonchev–Trinajstić information content (AvgIpc) is 2.98. The van der Waals surface area contributed by atoms with Crippen molar-refractivity contribution < 1.29 is 24.2 Å². The summed E-state index contributed by atoms with van der Waals surface area (Å²) < 4.78 is 14.5. The molecule has 0 aliphatic carbocycles. The van der Waals surface area contributed by atoms with Crippen molar-refractivity contribution in [2.24, 2.45) is 0 Å². The largest absolute Gasteiger partial charge is 0.497 e. The number of carboxylic acids is 1. The summed E-state index contributed by atoms with van der Waals surface area (Å²) in [4.78, 5) is 25.0. The summed E-state index contributed by atoms with van der Waals surface area (Å²) in [5, 5.41) is 10.7. The highest BCUT2D eigenvalue weighted by molar-refractivity contribution is 7.03. The molecular formula is C16H18N2O5S. The molecule has 0 aliphatic heterocycles. The Balaban J connectivity index is 2.31. The van der Waals surface area contributed by atoms with Crippen LogP contribution in [0.1, 0.15) is 21.6 Å². The molecule has 0 unspecified atom stereocenters. The van der Waals surface area contributed by atoms with E-state index in [0.29, 0.717) is 28.3 Å². The fourth-order valence-electron chi connectivity index (χ4n) is 2.21. The maximum atomic E-state index is 12.6. The lowest BCUT2D eigenvalue weighted by Gasteiger charge is -2.21. The number of rotatable bonds is 7. The highest BCUT2D eigenvalue weighted by atomic mass is 32.1. The molecule has 0 atom stereocenters. The van der Waals surface area contributed by atoms with Gasteiger partial charge in [-0.2, -0.15) is 4.37 Å². The number of methoxy groups -OCH3 is 2. The number of hydrogen-bond donors (Lipinski definition) is 1. The Bertz CT molecular complexity index is 722. The molecule has 2 aromatic rings. The molecule has 7 nitrogen and oxygen atoms in total. The predicted molar refractivity (Wildman–Crippen MR) is 88.8 cm³/mol. The number of benzene rings is 1. The number of aromatic nitrogens is 1. The smallest absolute Gasteiger partial charge is 0.323 e. The Morgan fingerprint density at radius 3 is 2.29 bits per heavy atom. The van der Waals surface area contributed by atoms with Gasteiger partial charge in [-0.3, -0.25) is 9.59 Å². The van der Waals surface area contributed by atoms with Crippen LogP contribution in [0.3, 0.4) is 0 Å². The van der Waals surface area contributed by atoms with Crippen LogP contribution < -0.4 is 9.47 Å². The minimum Gasteiger partial charge on any atom is -0.497 e. The van der Waals surface area contributed by atoms with Crippen LogP contribution in [-0.4, -0.2) is 47.0 Å². The number of carbonyl (C=O) groups excluding carboxylic acids is 1. The Morgan fingerprint density at radius 2 is 1.83 bits per heavy atom. The molecule has 2 rings (SSSR count). The van der Waals surface area contributed by atoms with E-state index < -0.39 is 12.5 Å². The minimum atomic E-state index is -1.08. The number of ether oxygens (including phenoxy) is 2. The second-order valence-corrected chi connectivity index (χ2v) is 5.72. The molecule has 0 aliphatic rings. The lowest BCUT2D eigenvalue weighted by molar-refractivity contribution is -0.137. The van der Waals surface area contributed by atoms with E-state index in [1.54, 1.807) is 30.5 Å². The van der Waals surface area contributed by atoms with Crippen LogP contribution in [-0.2, 0) is 11.3 Å². The lowest BCUT2D eigenvalue weighted by Crippen LogP contribution is -2.35. The quantitative estimate of drug-likeness (QED) is 0.823. The van der Waals surface area contributed by atoms with E-state index in [9.17, 15) is 9.59 Å². The summed E-state index contributed by atoms with van der Waals surface area (Å²) in [7, 11) is 3.05. The minimum absolute atomic E-state index is 0.119. The molecule has 1 aromatic heterocycles. The zero-order chi connectivity index (χ0) is 17.7. The standard InChI is InChI=1S/C16H18N2O5S/c1-10-14(9-24-17-10)16(21)18(8-15(19)20)7-11-4-12(22-2)6-13(5-11)23-3/h4-6,9H,7-8H2,1-3H3,(H,19,20). The Labute approximate surface area is 143 Å². The third-order valence-electron chi connectivity index (χ3n) is 3.38. The summed E-state index contributed by atoms with van der Waals surface area (Å²) in [5.41, 5.74) is 1.71. The number of aliphatic carboxylic acids is 1. The van der Waals surface area contributed by atoms with Crippen molar-refractivity contribution in [3.05, 3.63) is 40.4 Å². The first-order chi connectivity index (χ1) is 11.4. The maximum Gasteiger partial charge on any atom is 0.323 e. The van der Waals surface area contributed by atoms with Gasteiger partial charge in [0.1, 0.15) is 18.0 Å². The van der Waals surface area contributed by atoms with Crippen molar-refractivity contribution in [3.8, 4) is 11.5 Å². The second-order valence-electron chi connectivity index (χ2n) is 5.09. The summed E-state index contributed by atoms with van der Waals surface area (Å²) in [6.07, 6.45) is 0. The van der Waals surface area contributed by atoms with Crippen LogP contribution in [0.15, 0.2) is 23.6 Å². The van der Waals surface area contributed by atoms with E-state index in [-0.39, 0.29) is 12.5 Å². The van der Waals surface area contributed by atoms with Gasteiger partial charge in [0.25, 0.3) is 5.91 Å². The number of amides is 1. The van der Waals surface area contributed by atoms with E-state index in [1.807, 2.05) is 0 Å². The molecule has 1 amide bonds. The molecule has 1 heterocycles. The van der Waals surface area contributed by atoms with Crippen molar-refractivity contribution in [3.63, 3.8) is 0 Å². The highest BCUT2D eigenvalue weighted by Gasteiger charge is 2.22. The molecule has 0 spiro atoms. The Morgan fingerprint density at radius 1 is 1.21 bits per heavy atom. The molecule has 1 N–H and O–H groups in total. The molecule has 0 fully saturated rings. The fraction of sp³-hybridized carbons (Fsp3) is 0.312. The number of carboxylic acid groups (broad SMARTS) is 1. The number of carbonyl (C=O) groups is 2. The first kappa shape index (κ1) is 17.7.